The first-order chi connectivity index (χ1) is 8.70. The normalized spacial score (nSPS) is 10.1. The van der Waals surface area contributed by atoms with Crippen molar-refractivity contribution < 1.29 is 9.53 Å². The molecule has 0 fully saturated rings. The zero-order valence-electron chi connectivity index (χ0n) is 10.4. The van der Waals surface area contributed by atoms with Crippen LogP contribution in [-0.4, -0.2) is 23.0 Å². The summed E-state index contributed by atoms with van der Waals surface area (Å²) in [6, 6.07) is 7.69. The van der Waals surface area contributed by atoms with E-state index in [1.807, 2.05) is 31.2 Å². The molecular weight excluding hydrogens is 228 g/mol. The van der Waals surface area contributed by atoms with Crippen molar-refractivity contribution in [3.8, 4) is 11.3 Å². The molecule has 1 aromatic heterocycles. The van der Waals surface area contributed by atoms with E-state index in [2.05, 4.69) is 14.7 Å². The molecule has 1 aromatic carbocycles. The summed E-state index contributed by atoms with van der Waals surface area (Å²) in [6.45, 7) is 1.92. The Balaban J connectivity index is 2.23. The highest BCUT2D eigenvalue weighted by molar-refractivity contribution is 5.73. The number of ether oxygens (including phenoxy) is 1. The van der Waals surface area contributed by atoms with E-state index in [0.717, 1.165) is 22.5 Å². The molecule has 4 nitrogen and oxygen atoms in total. The van der Waals surface area contributed by atoms with Crippen LogP contribution in [0.15, 0.2) is 36.7 Å². The van der Waals surface area contributed by atoms with Crippen LogP contribution >= 0.6 is 0 Å². The lowest BCUT2D eigenvalue weighted by molar-refractivity contribution is -0.139. The van der Waals surface area contributed by atoms with Crippen molar-refractivity contribution in [3.63, 3.8) is 0 Å². The smallest absolute Gasteiger partial charge is 0.309 e. The van der Waals surface area contributed by atoms with E-state index in [4.69, 9.17) is 0 Å². The fraction of sp³-hybridized carbons (Fsp3) is 0.214. The second-order valence-corrected chi connectivity index (χ2v) is 3.94. The third kappa shape index (κ3) is 2.71. The van der Waals surface area contributed by atoms with Gasteiger partial charge in [-0.05, 0) is 12.5 Å². The predicted octanol–water partition coefficient (Wildman–Crippen LogP) is 2.17. The van der Waals surface area contributed by atoms with Gasteiger partial charge in [-0.15, -0.1) is 0 Å². The first kappa shape index (κ1) is 12.2. The van der Waals surface area contributed by atoms with Crippen molar-refractivity contribution in [1.29, 1.82) is 0 Å². The molecule has 4 heteroatoms. The number of aromatic nitrogens is 2. The summed E-state index contributed by atoms with van der Waals surface area (Å²) in [7, 11) is 1.39. The molecule has 0 amide bonds. The van der Waals surface area contributed by atoms with E-state index in [-0.39, 0.29) is 12.4 Å². The summed E-state index contributed by atoms with van der Waals surface area (Å²) in [5.74, 6) is -0.238. The number of carbonyl (C=O) groups is 1. The van der Waals surface area contributed by atoms with Crippen LogP contribution in [0.25, 0.3) is 11.3 Å². The third-order valence-corrected chi connectivity index (χ3v) is 2.68. The molecule has 2 rings (SSSR count). The Hall–Kier alpha value is -2.23. The molecule has 0 N–H and O–H groups in total. The van der Waals surface area contributed by atoms with E-state index in [9.17, 15) is 4.79 Å². The van der Waals surface area contributed by atoms with Crippen molar-refractivity contribution in [2.75, 3.05) is 7.11 Å². The highest BCUT2D eigenvalue weighted by Gasteiger charge is 2.06. The van der Waals surface area contributed by atoms with Gasteiger partial charge in [0.25, 0.3) is 0 Å². The van der Waals surface area contributed by atoms with Gasteiger partial charge in [0.1, 0.15) is 0 Å². The van der Waals surface area contributed by atoms with Crippen LogP contribution in [0, 0.1) is 6.92 Å². The molecule has 0 bridgehead atoms. The lowest BCUT2D eigenvalue weighted by Gasteiger charge is -2.05. The van der Waals surface area contributed by atoms with Gasteiger partial charge in [0, 0.05) is 18.0 Å². The van der Waals surface area contributed by atoms with Gasteiger partial charge >= 0.3 is 5.97 Å². The van der Waals surface area contributed by atoms with Gasteiger partial charge in [-0.3, -0.25) is 14.8 Å². The van der Waals surface area contributed by atoms with E-state index in [0.29, 0.717) is 0 Å². The summed E-state index contributed by atoms with van der Waals surface area (Å²) >= 11 is 0. The Kier molecular flexibility index (Phi) is 3.67. The maximum Gasteiger partial charge on any atom is 0.309 e. The molecule has 2 aromatic rings. The van der Waals surface area contributed by atoms with E-state index in [1.54, 1.807) is 12.4 Å². The lowest BCUT2D eigenvalue weighted by atomic mass is 10.1. The first-order valence-corrected chi connectivity index (χ1v) is 5.64. The molecule has 0 saturated carbocycles. The van der Waals surface area contributed by atoms with Crippen LogP contribution in [0.5, 0.6) is 0 Å². The quantitative estimate of drug-likeness (QED) is 0.774. The van der Waals surface area contributed by atoms with Gasteiger partial charge in [-0.1, -0.05) is 24.3 Å². The number of rotatable bonds is 3. The fourth-order valence-electron chi connectivity index (χ4n) is 1.71. The molecule has 0 radical (unpaired) electrons. The Morgan fingerprint density at radius 1 is 1.17 bits per heavy atom. The fourth-order valence-corrected chi connectivity index (χ4v) is 1.71. The summed E-state index contributed by atoms with van der Waals surface area (Å²) in [5.41, 5.74) is 3.67. The Labute approximate surface area is 106 Å². The maximum atomic E-state index is 11.1. The van der Waals surface area contributed by atoms with Gasteiger partial charge in [0.2, 0.25) is 0 Å². The van der Waals surface area contributed by atoms with Gasteiger partial charge in [-0.25, -0.2) is 0 Å². The predicted molar refractivity (Wildman–Crippen MR) is 67.9 cm³/mol. The molecule has 0 saturated heterocycles. The van der Waals surface area contributed by atoms with Gasteiger partial charge in [0.05, 0.1) is 24.9 Å². The Morgan fingerprint density at radius 2 is 1.83 bits per heavy atom. The molecule has 0 aliphatic carbocycles. The monoisotopic (exact) mass is 242 g/mol. The molecular formula is C14H14N2O2. The zero-order valence-corrected chi connectivity index (χ0v) is 10.4. The SMILES string of the molecule is COC(=O)Cc1ccc(-c2nccnc2C)cc1. The average Bonchev–Trinajstić information content (AvgIpc) is 2.40. The molecule has 92 valence electrons. The van der Waals surface area contributed by atoms with Crippen LogP contribution in [0.4, 0.5) is 0 Å². The van der Waals surface area contributed by atoms with Crippen molar-refractivity contribution >= 4 is 5.97 Å². The number of nitrogens with zero attached hydrogens (tertiary/aromatic N) is 2. The number of esters is 1. The molecule has 0 atom stereocenters. The highest BCUT2D eigenvalue weighted by atomic mass is 16.5. The largest absolute Gasteiger partial charge is 0.469 e. The van der Waals surface area contributed by atoms with Gasteiger partial charge in [-0.2, -0.15) is 0 Å². The number of carbonyl (C=O) groups excluding carboxylic acids is 1. The maximum absolute atomic E-state index is 11.1. The van der Waals surface area contributed by atoms with Gasteiger partial charge < -0.3 is 4.74 Å². The molecule has 1 heterocycles. The number of hydrogen-bond donors (Lipinski definition) is 0. The van der Waals surface area contributed by atoms with E-state index >= 15 is 0 Å². The number of methoxy groups -OCH3 is 1. The van der Waals surface area contributed by atoms with Crippen molar-refractivity contribution in [2.45, 2.75) is 13.3 Å². The third-order valence-electron chi connectivity index (χ3n) is 2.68. The second-order valence-electron chi connectivity index (χ2n) is 3.94. The minimum atomic E-state index is -0.238. The zero-order chi connectivity index (χ0) is 13.0. The van der Waals surface area contributed by atoms with Crippen LogP contribution in [0.2, 0.25) is 0 Å². The van der Waals surface area contributed by atoms with Crippen LogP contribution in [-0.2, 0) is 16.0 Å². The minimum Gasteiger partial charge on any atom is -0.469 e. The van der Waals surface area contributed by atoms with Crippen molar-refractivity contribution in [3.05, 3.63) is 47.9 Å². The average molecular weight is 242 g/mol. The topological polar surface area (TPSA) is 52.1 Å². The molecule has 0 unspecified atom stereocenters. The standard InChI is InChI=1S/C14H14N2O2/c1-10-14(16-8-7-15-10)12-5-3-11(4-6-12)9-13(17)18-2/h3-8H,9H2,1-2H3. The minimum absolute atomic E-state index is 0.238. The lowest BCUT2D eigenvalue weighted by Crippen LogP contribution is -2.04. The van der Waals surface area contributed by atoms with Crippen molar-refractivity contribution in [1.82, 2.24) is 9.97 Å². The second kappa shape index (κ2) is 5.40. The van der Waals surface area contributed by atoms with Crippen LogP contribution < -0.4 is 0 Å². The summed E-state index contributed by atoms with van der Waals surface area (Å²) in [6.07, 6.45) is 3.63. The van der Waals surface area contributed by atoms with Crippen LogP contribution in [0.3, 0.4) is 0 Å². The summed E-state index contributed by atoms with van der Waals surface area (Å²) in [5, 5.41) is 0. The Morgan fingerprint density at radius 3 is 2.44 bits per heavy atom. The Bertz CT molecular complexity index is 550. The van der Waals surface area contributed by atoms with E-state index in [1.165, 1.54) is 7.11 Å². The summed E-state index contributed by atoms with van der Waals surface area (Å²) in [4.78, 5) is 19.6. The van der Waals surface area contributed by atoms with Crippen molar-refractivity contribution in [2.24, 2.45) is 0 Å². The van der Waals surface area contributed by atoms with Crippen LogP contribution in [0.1, 0.15) is 11.3 Å². The molecule has 0 aliphatic heterocycles. The first-order valence-electron chi connectivity index (χ1n) is 5.64. The van der Waals surface area contributed by atoms with Gasteiger partial charge in [0.15, 0.2) is 0 Å². The molecule has 0 spiro atoms. The molecule has 18 heavy (non-hydrogen) atoms. The highest BCUT2D eigenvalue weighted by Crippen LogP contribution is 2.19. The number of benzene rings is 1. The van der Waals surface area contributed by atoms with E-state index < -0.39 is 0 Å². The summed E-state index contributed by atoms with van der Waals surface area (Å²) < 4.78 is 4.63. The number of hydrogen-bond acceptors (Lipinski definition) is 4. The number of aryl methyl sites for hydroxylation is 1. The molecule has 0 aliphatic rings.